The lowest BCUT2D eigenvalue weighted by Gasteiger charge is -2.35. The number of rotatable bonds is 4. The molecule has 30 heavy (non-hydrogen) atoms. The Bertz CT molecular complexity index is 930. The van der Waals surface area contributed by atoms with Crippen LogP contribution in [0.2, 0.25) is 0 Å². The molecule has 0 bridgehead atoms. The lowest BCUT2D eigenvalue weighted by molar-refractivity contribution is -0.141. The molecule has 2 aliphatic heterocycles. The number of imide groups is 1. The van der Waals surface area contributed by atoms with E-state index in [0.29, 0.717) is 6.54 Å². The van der Waals surface area contributed by atoms with Crippen LogP contribution in [0, 0.1) is 11.8 Å². The average Bonchev–Trinajstić information content (AvgIpc) is 3.32. The van der Waals surface area contributed by atoms with Crippen molar-refractivity contribution in [1.82, 2.24) is 14.8 Å². The average molecular weight is 426 g/mol. The van der Waals surface area contributed by atoms with Crippen molar-refractivity contribution < 1.29 is 14.4 Å². The van der Waals surface area contributed by atoms with E-state index in [1.165, 1.54) is 4.90 Å². The van der Waals surface area contributed by atoms with Crippen LogP contribution in [-0.4, -0.2) is 45.6 Å². The van der Waals surface area contributed by atoms with Crippen LogP contribution in [0.15, 0.2) is 24.3 Å². The van der Waals surface area contributed by atoms with Gasteiger partial charge < -0.3 is 4.90 Å². The molecule has 1 saturated carbocycles. The van der Waals surface area contributed by atoms with Crippen molar-refractivity contribution in [3.8, 4) is 0 Å². The standard InChI is InChI=1S/C23H27N3O3S/c27-20(12-14-26-22(28)15-7-1-2-8-16(15)23(26)29)25-13-6-5-10-18(25)21-24-17-9-3-4-11-19(17)30-21/h3-4,9,11,15-16,18H,1-2,5-8,10,12-14H2/t15-,16-,18-/m1/s1. The Hall–Kier alpha value is -2.28. The Morgan fingerprint density at radius 2 is 1.70 bits per heavy atom. The quantitative estimate of drug-likeness (QED) is 0.696. The number of carbonyl (C=O) groups is 3. The van der Waals surface area contributed by atoms with Crippen LogP contribution in [0.3, 0.4) is 0 Å². The predicted molar refractivity (Wildman–Crippen MR) is 115 cm³/mol. The van der Waals surface area contributed by atoms with E-state index in [-0.39, 0.29) is 48.6 Å². The number of para-hydroxylation sites is 1. The van der Waals surface area contributed by atoms with E-state index in [0.717, 1.165) is 60.2 Å². The Morgan fingerprint density at radius 1 is 1.00 bits per heavy atom. The van der Waals surface area contributed by atoms with Crippen molar-refractivity contribution in [3.63, 3.8) is 0 Å². The summed E-state index contributed by atoms with van der Waals surface area (Å²) in [5.41, 5.74) is 0.978. The first kappa shape index (κ1) is 19.7. The number of hydrogen-bond acceptors (Lipinski definition) is 5. The highest BCUT2D eigenvalue weighted by Crippen LogP contribution is 2.39. The summed E-state index contributed by atoms with van der Waals surface area (Å²) >= 11 is 1.66. The normalized spacial score (nSPS) is 27.0. The second-order valence-corrected chi connectivity index (χ2v) is 9.76. The van der Waals surface area contributed by atoms with E-state index < -0.39 is 0 Å². The van der Waals surface area contributed by atoms with Gasteiger partial charge in [0.1, 0.15) is 5.01 Å². The Morgan fingerprint density at radius 3 is 2.43 bits per heavy atom. The minimum Gasteiger partial charge on any atom is -0.333 e. The van der Waals surface area contributed by atoms with Crippen molar-refractivity contribution in [2.24, 2.45) is 11.8 Å². The van der Waals surface area contributed by atoms with Gasteiger partial charge in [0.25, 0.3) is 0 Å². The van der Waals surface area contributed by atoms with Gasteiger partial charge in [-0.2, -0.15) is 0 Å². The molecule has 158 valence electrons. The third-order valence-corrected chi connectivity index (χ3v) is 8.04. The second-order valence-electron chi connectivity index (χ2n) is 8.69. The Labute approximate surface area is 180 Å². The fourth-order valence-corrected chi connectivity index (χ4v) is 6.44. The third-order valence-electron chi connectivity index (χ3n) is 6.90. The van der Waals surface area contributed by atoms with Crippen LogP contribution in [0.1, 0.15) is 62.4 Å². The molecule has 1 aliphatic carbocycles. The molecule has 0 unspecified atom stereocenters. The van der Waals surface area contributed by atoms with Gasteiger partial charge in [-0.3, -0.25) is 19.3 Å². The highest BCUT2D eigenvalue weighted by molar-refractivity contribution is 7.18. The molecular weight excluding hydrogens is 398 g/mol. The molecule has 0 spiro atoms. The van der Waals surface area contributed by atoms with Crippen molar-refractivity contribution >= 4 is 39.3 Å². The van der Waals surface area contributed by atoms with Gasteiger partial charge in [-0.05, 0) is 44.2 Å². The highest BCUT2D eigenvalue weighted by atomic mass is 32.1. The largest absolute Gasteiger partial charge is 0.333 e. The third kappa shape index (κ3) is 3.43. The molecular formula is C23H27N3O3S. The maximum Gasteiger partial charge on any atom is 0.233 e. The zero-order valence-electron chi connectivity index (χ0n) is 17.1. The van der Waals surface area contributed by atoms with Gasteiger partial charge in [0.05, 0.1) is 28.1 Å². The molecule has 3 amide bonds. The summed E-state index contributed by atoms with van der Waals surface area (Å²) in [5, 5.41) is 0.989. The van der Waals surface area contributed by atoms with Crippen LogP contribution in [0.4, 0.5) is 0 Å². The molecule has 0 N–H and O–H groups in total. The summed E-state index contributed by atoms with van der Waals surface area (Å²) in [4.78, 5) is 46.6. The van der Waals surface area contributed by atoms with Crippen LogP contribution in [0.5, 0.6) is 0 Å². The van der Waals surface area contributed by atoms with E-state index in [2.05, 4.69) is 6.07 Å². The molecule has 5 rings (SSSR count). The lowest BCUT2D eigenvalue weighted by atomic mass is 9.81. The molecule has 3 fully saturated rings. The topological polar surface area (TPSA) is 70.6 Å². The summed E-state index contributed by atoms with van der Waals surface area (Å²) in [6.07, 6.45) is 6.84. The molecule has 2 saturated heterocycles. The first-order valence-corrected chi connectivity index (χ1v) is 12.0. The second kappa shape index (κ2) is 8.10. The van der Waals surface area contributed by atoms with Crippen molar-refractivity contribution in [3.05, 3.63) is 29.3 Å². The number of benzene rings is 1. The van der Waals surface area contributed by atoms with Crippen molar-refractivity contribution in [2.75, 3.05) is 13.1 Å². The summed E-state index contributed by atoms with van der Waals surface area (Å²) < 4.78 is 1.14. The van der Waals surface area contributed by atoms with Crippen LogP contribution in [-0.2, 0) is 14.4 Å². The number of hydrogen-bond donors (Lipinski definition) is 0. The molecule has 0 radical (unpaired) electrons. The molecule has 3 atom stereocenters. The zero-order chi connectivity index (χ0) is 20.7. The summed E-state index contributed by atoms with van der Waals surface area (Å²) in [6, 6.07) is 8.06. The lowest BCUT2D eigenvalue weighted by Crippen LogP contribution is -2.41. The first-order valence-electron chi connectivity index (χ1n) is 11.1. The molecule has 3 heterocycles. The van der Waals surface area contributed by atoms with Crippen LogP contribution < -0.4 is 0 Å². The van der Waals surface area contributed by atoms with Gasteiger partial charge in [-0.25, -0.2) is 4.98 Å². The first-order chi connectivity index (χ1) is 14.6. The van der Waals surface area contributed by atoms with Gasteiger partial charge in [-0.1, -0.05) is 25.0 Å². The van der Waals surface area contributed by atoms with Gasteiger partial charge in [0.2, 0.25) is 17.7 Å². The van der Waals surface area contributed by atoms with Gasteiger partial charge in [-0.15, -0.1) is 11.3 Å². The van der Waals surface area contributed by atoms with E-state index in [1.54, 1.807) is 11.3 Å². The number of carbonyl (C=O) groups excluding carboxylic acids is 3. The number of fused-ring (bicyclic) bond motifs is 2. The molecule has 7 heteroatoms. The summed E-state index contributed by atoms with van der Waals surface area (Å²) in [5.74, 6) is -0.383. The zero-order valence-corrected chi connectivity index (χ0v) is 17.9. The number of likely N-dealkylation sites (tertiary alicyclic amines) is 2. The minimum atomic E-state index is -0.146. The van der Waals surface area contributed by atoms with Crippen molar-refractivity contribution in [2.45, 2.75) is 57.4 Å². The van der Waals surface area contributed by atoms with Crippen LogP contribution >= 0.6 is 11.3 Å². The fourth-order valence-electron chi connectivity index (χ4n) is 5.32. The fraction of sp³-hybridized carbons (Fsp3) is 0.565. The number of nitrogens with zero attached hydrogens (tertiary/aromatic N) is 3. The maximum atomic E-state index is 13.1. The van der Waals surface area contributed by atoms with Gasteiger partial charge in [0, 0.05) is 19.5 Å². The van der Waals surface area contributed by atoms with Crippen molar-refractivity contribution in [1.29, 1.82) is 0 Å². The summed E-state index contributed by atoms with van der Waals surface area (Å²) in [6.45, 7) is 0.930. The van der Waals surface area contributed by atoms with E-state index in [4.69, 9.17) is 4.98 Å². The number of aromatic nitrogens is 1. The summed E-state index contributed by atoms with van der Waals surface area (Å²) in [7, 11) is 0. The number of thiazole rings is 1. The monoisotopic (exact) mass is 425 g/mol. The predicted octanol–water partition coefficient (Wildman–Crippen LogP) is 3.92. The Kier molecular flexibility index (Phi) is 5.31. The highest BCUT2D eigenvalue weighted by Gasteiger charge is 2.48. The van der Waals surface area contributed by atoms with Gasteiger partial charge in [0.15, 0.2) is 0 Å². The molecule has 2 aromatic rings. The SMILES string of the molecule is O=C1[C@@H]2CCCC[C@H]2C(=O)N1CCC(=O)N1CCCC[C@@H]1c1nc2ccccc2s1. The molecule has 1 aromatic carbocycles. The molecule has 6 nitrogen and oxygen atoms in total. The van der Waals surface area contributed by atoms with Gasteiger partial charge >= 0.3 is 0 Å². The smallest absolute Gasteiger partial charge is 0.233 e. The molecule has 3 aliphatic rings. The number of piperidine rings is 1. The number of amides is 3. The van der Waals surface area contributed by atoms with E-state index in [1.807, 2.05) is 23.1 Å². The maximum absolute atomic E-state index is 13.1. The Balaban J connectivity index is 1.28. The minimum absolute atomic E-state index is 0.00351. The van der Waals surface area contributed by atoms with E-state index >= 15 is 0 Å². The van der Waals surface area contributed by atoms with Crippen LogP contribution in [0.25, 0.3) is 10.2 Å². The molecule has 1 aromatic heterocycles. The van der Waals surface area contributed by atoms with E-state index in [9.17, 15) is 14.4 Å².